The molecule has 0 saturated heterocycles. The van der Waals surface area contributed by atoms with Crippen LogP contribution >= 0.6 is 0 Å². The summed E-state index contributed by atoms with van der Waals surface area (Å²) in [5, 5.41) is 9.83. The first kappa shape index (κ1) is 19.2. The van der Waals surface area contributed by atoms with Crippen LogP contribution in [-0.4, -0.2) is 36.8 Å². The van der Waals surface area contributed by atoms with Crippen LogP contribution in [0.3, 0.4) is 0 Å². The Labute approximate surface area is 163 Å². The van der Waals surface area contributed by atoms with Crippen LogP contribution in [-0.2, 0) is 16.0 Å². The van der Waals surface area contributed by atoms with Gasteiger partial charge in [-0.05, 0) is 36.2 Å². The summed E-state index contributed by atoms with van der Waals surface area (Å²) >= 11 is 0. The fraction of sp³-hybridized carbons (Fsp3) is 0.286. The summed E-state index contributed by atoms with van der Waals surface area (Å²) < 4.78 is 16.9. The molecule has 0 fully saturated rings. The van der Waals surface area contributed by atoms with Crippen molar-refractivity contribution in [3.8, 4) is 17.7 Å². The van der Waals surface area contributed by atoms with Crippen molar-refractivity contribution in [2.45, 2.75) is 19.3 Å². The fourth-order valence-corrected chi connectivity index (χ4v) is 3.20. The minimum atomic E-state index is -0.545. The highest BCUT2D eigenvalue weighted by Crippen LogP contribution is 2.33. The number of fused-ring (bicyclic) bond motifs is 1. The fourth-order valence-electron chi connectivity index (χ4n) is 3.20. The van der Waals surface area contributed by atoms with Gasteiger partial charge in [0.2, 0.25) is 0 Å². The number of esters is 1. The smallest absolute Gasteiger partial charge is 0.312 e. The number of hydrogen-bond acceptors (Lipinski definition) is 6. The standard InChI is InChI=1S/C21H21N3O4/c1-13(21(25)28-4)16-9-10-17(27-3)19-20(16)24(12-22)18(23-19)11-14-5-7-15(26-2)8-6-14/h5-10,13H,11H2,1-4H3. The summed E-state index contributed by atoms with van der Waals surface area (Å²) in [6, 6.07) is 11.1. The second-order valence-corrected chi connectivity index (χ2v) is 6.29. The number of ether oxygens (including phenoxy) is 3. The quantitative estimate of drug-likeness (QED) is 0.611. The Bertz CT molecular complexity index is 1050. The van der Waals surface area contributed by atoms with Crippen molar-refractivity contribution in [1.82, 2.24) is 9.55 Å². The maximum Gasteiger partial charge on any atom is 0.312 e. The predicted molar refractivity (Wildman–Crippen MR) is 104 cm³/mol. The number of methoxy groups -OCH3 is 3. The Morgan fingerprint density at radius 3 is 2.43 bits per heavy atom. The van der Waals surface area contributed by atoms with E-state index in [1.54, 1.807) is 33.3 Å². The van der Waals surface area contributed by atoms with Gasteiger partial charge in [-0.1, -0.05) is 18.2 Å². The van der Waals surface area contributed by atoms with Crippen molar-refractivity contribution >= 4 is 17.0 Å². The van der Waals surface area contributed by atoms with Gasteiger partial charge in [-0.2, -0.15) is 5.26 Å². The summed E-state index contributed by atoms with van der Waals surface area (Å²) in [5.74, 6) is 0.935. The minimum Gasteiger partial charge on any atom is -0.497 e. The van der Waals surface area contributed by atoms with Crippen molar-refractivity contribution in [2.75, 3.05) is 21.3 Å². The molecular weight excluding hydrogens is 358 g/mol. The molecule has 144 valence electrons. The van der Waals surface area contributed by atoms with Crippen LogP contribution in [0.2, 0.25) is 0 Å². The van der Waals surface area contributed by atoms with Gasteiger partial charge in [-0.15, -0.1) is 0 Å². The molecule has 3 aromatic rings. The topological polar surface area (TPSA) is 86.4 Å². The van der Waals surface area contributed by atoms with Gasteiger partial charge in [-0.3, -0.25) is 4.79 Å². The summed E-state index contributed by atoms with van der Waals surface area (Å²) in [6.45, 7) is 1.74. The molecule has 0 aliphatic carbocycles. The minimum absolute atomic E-state index is 0.381. The van der Waals surface area contributed by atoms with Gasteiger partial charge in [0.05, 0.1) is 32.8 Å². The van der Waals surface area contributed by atoms with E-state index in [-0.39, 0.29) is 5.97 Å². The Balaban J connectivity index is 2.16. The predicted octanol–water partition coefficient (Wildman–Crippen LogP) is 3.25. The third kappa shape index (κ3) is 3.37. The Hall–Kier alpha value is -3.53. The molecule has 2 aromatic carbocycles. The normalized spacial score (nSPS) is 11.7. The molecule has 0 spiro atoms. The second kappa shape index (κ2) is 8.01. The maximum absolute atomic E-state index is 12.1. The monoisotopic (exact) mass is 379 g/mol. The van der Waals surface area contributed by atoms with E-state index >= 15 is 0 Å². The van der Waals surface area contributed by atoms with Gasteiger partial charge in [0.25, 0.3) is 0 Å². The summed E-state index contributed by atoms with van der Waals surface area (Å²) in [6.07, 6.45) is 2.63. The molecular formula is C21H21N3O4. The molecule has 7 heteroatoms. The van der Waals surface area contributed by atoms with E-state index in [1.807, 2.05) is 24.3 Å². The zero-order valence-corrected chi connectivity index (χ0v) is 16.2. The van der Waals surface area contributed by atoms with Crippen molar-refractivity contribution in [3.05, 3.63) is 53.3 Å². The largest absolute Gasteiger partial charge is 0.497 e. The first-order chi connectivity index (χ1) is 13.5. The van der Waals surface area contributed by atoms with Gasteiger partial charge in [0, 0.05) is 6.42 Å². The summed E-state index contributed by atoms with van der Waals surface area (Å²) in [4.78, 5) is 16.7. The van der Waals surface area contributed by atoms with Crippen LogP contribution in [0.1, 0.15) is 29.8 Å². The molecule has 0 N–H and O–H groups in total. The van der Waals surface area contributed by atoms with E-state index in [2.05, 4.69) is 11.2 Å². The number of aromatic nitrogens is 2. The molecule has 0 saturated carbocycles. The van der Waals surface area contributed by atoms with Crippen molar-refractivity contribution in [1.29, 1.82) is 5.26 Å². The van der Waals surface area contributed by atoms with Crippen LogP contribution < -0.4 is 9.47 Å². The maximum atomic E-state index is 12.1. The van der Waals surface area contributed by atoms with E-state index < -0.39 is 5.92 Å². The molecule has 1 heterocycles. The van der Waals surface area contributed by atoms with E-state index in [4.69, 9.17) is 14.2 Å². The van der Waals surface area contributed by atoms with E-state index in [0.717, 1.165) is 11.3 Å². The average molecular weight is 379 g/mol. The lowest BCUT2D eigenvalue weighted by molar-refractivity contribution is -0.141. The Kier molecular flexibility index (Phi) is 5.50. The first-order valence-corrected chi connectivity index (χ1v) is 8.73. The zero-order valence-electron chi connectivity index (χ0n) is 16.2. The molecule has 1 unspecified atom stereocenters. The van der Waals surface area contributed by atoms with Gasteiger partial charge in [-0.25, -0.2) is 9.55 Å². The molecule has 28 heavy (non-hydrogen) atoms. The van der Waals surface area contributed by atoms with Crippen LogP contribution in [0.4, 0.5) is 0 Å². The van der Waals surface area contributed by atoms with Crippen molar-refractivity contribution in [2.24, 2.45) is 0 Å². The van der Waals surface area contributed by atoms with E-state index in [1.165, 1.54) is 11.7 Å². The van der Waals surface area contributed by atoms with Crippen molar-refractivity contribution in [3.63, 3.8) is 0 Å². The lowest BCUT2D eigenvalue weighted by Crippen LogP contribution is -2.12. The third-order valence-electron chi connectivity index (χ3n) is 4.73. The molecule has 7 nitrogen and oxygen atoms in total. The Morgan fingerprint density at radius 1 is 1.14 bits per heavy atom. The molecule has 0 aliphatic rings. The molecule has 1 atom stereocenters. The molecule has 3 rings (SSSR count). The van der Waals surface area contributed by atoms with Crippen LogP contribution in [0, 0.1) is 11.5 Å². The highest BCUT2D eigenvalue weighted by Gasteiger charge is 2.24. The zero-order chi connectivity index (χ0) is 20.3. The second-order valence-electron chi connectivity index (χ2n) is 6.29. The summed E-state index contributed by atoms with van der Waals surface area (Å²) in [5.41, 5.74) is 2.75. The number of carbonyl (C=O) groups is 1. The first-order valence-electron chi connectivity index (χ1n) is 8.73. The number of nitriles is 1. The van der Waals surface area contributed by atoms with E-state index in [0.29, 0.717) is 34.6 Å². The highest BCUT2D eigenvalue weighted by molar-refractivity contribution is 5.91. The third-order valence-corrected chi connectivity index (χ3v) is 4.73. The number of hydrogen-bond donors (Lipinski definition) is 0. The number of rotatable bonds is 6. The summed E-state index contributed by atoms with van der Waals surface area (Å²) in [7, 11) is 4.50. The van der Waals surface area contributed by atoms with Crippen molar-refractivity contribution < 1.29 is 19.0 Å². The number of nitrogens with zero attached hydrogens (tertiary/aromatic N) is 3. The molecule has 0 bridgehead atoms. The highest BCUT2D eigenvalue weighted by atomic mass is 16.5. The Morgan fingerprint density at radius 2 is 1.86 bits per heavy atom. The molecule has 0 aliphatic heterocycles. The van der Waals surface area contributed by atoms with Gasteiger partial charge < -0.3 is 14.2 Å². The van der Waals surface area contributed by atoms with Gasteiger partial charge >= 0.3 is 5.97 Å². The lowest BCUT2D eigenvalue weighted by atomic mass is 9.99. The number of carbonyl (C=O) groups excluding carboxylic acids is 1. The number of imidazole rings is 1. The van der Waals surface area contributed by atoms with E-state index in [9.17, 15) is 10.1 Å². The lowest BCUT2D eigenvalue weighted by Gasteiger charge is -2.12. The molecule has 0 amide bonds. The van der Waals surface area contributed by atoms with Crippen LogP contribution in [0.5, 0.6) is 11.5 Å². The van der Waals surface area contributed by atoms with Crippen LogP contribution in [0.15, 0.2) is 36.4 Å². The van der Waals surface area contributed by atoms with Gasteiger partial charge in [0.15, 0.2) is 6.19 Å². The molecule has 0 radical (unpaired) electrons. The number of benzene rings is 2. The molecule has 1 aromatic heterocycles. The van der Waals surface area contributed by atoms with Gasteiger partial charge in [0.1, 0.15) is 22.8 Å². The SMILES string of the molecule is COC(=O)C(C)c1ccc(OC)c2nc(Cc3ccc(OC)cc3)n(C#N)c12. The average Bonchev–Trinajstić information content (AvgIpc) is 3.10. The van der Waals surface area contributed by atoms with Crippen LogP contribution in [0.25, 0.3) is 11.0 Å².